The summed E-state index contributed by atoms with van der Waals surface area (Å²) in [5.74, 6) is 1.57. The first-order chi connectivity index (χ1) is 8.60. The fraction of sp³-hybridized carbons (Fsp3) is 0.571. The fourth-order valence-electron chi connectivity index (χ4n) is 2.34. The maximum absolute atomic E-state index is 6.35. The first-order valence-electron chi connectivity index (χ1n) is 6.29. The summed E-state index contributed by atoms with van der Waals surface area (Å²) in [6, 6.07) is 6.13. The zero-order chi connectivity index (χ0) is 13.1. The number of hydrogen-bond donors (Lipinski definition) is 0. The Labute approximate surface area is 122 Å². The molecule has 1 heterocycles. The molecular weight excluding hydrogens is 314 g/mol. The topological polar surface area (TPSA) is 12.5 Å². The van der Waals surface area contributed by atoms with Crippen LogP contribution in [0.1, 0.15) is 18.9 Å². The molecule has 4 heteroatoms. The van der Waals surface area contributed by atoms with Crippen molar-refractivity contribution >= 4 is 27.5 Å². The highest BCUT2D eigenvalue weighted by molar-refractivity contribution is 9.10. The van der Waals surface area contributed by atoms with E-state index in [0.29, 0.717) is 5.92 Å². The molecule has 1 aliphatic rings. The number of hydrogen-bond acceptors (Lipinski definition) is 2. The van der Waals surface area contributed by atoms with Gasteiger partial charge in [-0.1, -0.05) is 22.9 Å². The lowest BCUT2D eigenvalue weighted by Crippen LogP contribution is -2.39. The molecule has 2 rings (SSSR count). The van der Waals surface area contributed by atoms with Crippen LogP contribution in [0.2, 0.25) is 0 Å². The molecule has 2 unspecified atom stereocenters. The van der Waals surface area contributed by atoms with E-state index in [1.54, 1.807) is 7.11 Å². The van der Waals surface area contributed by atoms with Crippen molar-refractivity contribution < 1.29 is 4.74 Å². The van der Waals surface area contributed by atoms with Crippen molar-refractivity contribution in [3.63, 3.8) is 0 Å². The standard InChI is InChI=1S/C14H19BrClNO/c1-10-5-6-17(9-13(10)16)8-11-7-12(15)3-4-14(11)18-2/h3-4,7,10,13H,5-6,8-9H2,1-2H3. The van der Waals surface area contributed by atoms with Crippen LogP contribution in [0.4, 0.5) is 0 Å². The largest absolute Gasteiger partial charge is 0.496 e. The first-order valence-corrected chi connectivity index (χ1v) is 7.52. The Bertz CT molecular complexity index is 413. The highest BCUT2D eigenvalue weighted by atomic mass is 79.9. The predicted octanol–water partition coefficient (Wildman–Crippen LogP) is 3.91. The van der Waals surface area contributed by atoms with Crippen molar-refractivity contribution in [3.05, 3.63) is 28.2 Å². The molecule has 0 aliphatic carbocycles. The van der Waals surface area contributed by atoms with Gasteiger partial charge in [-0.05, 0) is 37.1 Å². The van der Waals surface area contributed by atoms with E-state index in [9.17, 15) is 0 Å². The number of alkyl halides is 1. The molecule has 100 valence electrons. The second-order valence-electron chi connectivity index (χ2n) is 4.97. The second kappa shape index (κ2) is 6.27. The molecule has 0 amide bonds. The molecule has 0 spiro atoms. The minimum absolute atomic E-state index is 0.261. The van der Waals surface area contributed by atoms with Crippen molar-refractivity contribution in [1.82, 2.24) is 4.90 Å². The Kier molecular flexibility index (Phi) is 4.93. The molecule has 18 heavy (non-hydrogen) atoms. The number of halogens is 2. The maximum Gasteiger partial charge on any atom is 0.123 e. The molecule has 0 N–H and O–H groups in total. The number of benzene rings is 1. The third kappa shape index (κ3) is 3.40. The van der Waals surface area contributed by atoms with Crippen LogP contribution in [-0.2, 0) is 6.54 Å². The summed E-state index contributed by atoms with van der Waals surface area (Å²) in [7, 11) is 1.72. The van der Waals surface area contributed by atoms with Gasteiger partial charge in [0.25, 0.3) is 0 Å². The number of ether oxygens (including phenoxy) is 1. The molecule has 0 saturated carbocycles. The van der Waals surface area contributed by atoms with E-state index >= 15 is 0 Å². The fourth-order valence-corrected chi connectivity index (χ4v) is 3.07. The minimum Gasteiger partial charge on any atom is -0.496 e. The zero-order valence-electron chi connectivity index (χ0n) is 10.8. The van der Waals surface area contributed by atoms with Gasteiger partial charge in [-0.15, -0.1) is 11.6 Å². The van der Waals surface area contributed by atoms with Crippen molar-refractivity contribution in [2.75, 3.05) is 20.2 Å². The number of piperidine rings is 1. The van der Waals surface area contributed by atoms with Crippen molar-refractivity contribution in [2.45, 2.75) is 25.3 Å². The lowest BCUT2D eigenvalue weighted by Gasteiger charge is -2.34. The van der Waals surface area contributed by atoms with Gasteiger partial charge in [0.2, 0.25) is 0 Å². The van der Waals surface area contributed by atoms with Gasteiger partial charge >= 0.3 is 0 Å². The third-order valence-corrected chi connectivity index (χ3v) is 4.65. The lowest BCUT2D eigenvalue weighted by atomic mass is 9.98. The van der Waals surface area contributed by atoms with E-state index in [0.717, 1.165) is 29.9 Å². The summed E-state index contributed by atoms with van der Waals surface area (Å²) < 4.78 is 6.50. The van der Waals surface area contributed by atoms with Gasteiger partial charge in [-0.2, -0.15) is 0 Å². The summed E-state index contributed by atoms with van der Waals surface area (Å²) in [4.78, 5) is 2.40. The Hall–Kier alpha value is -0.250. The van der Waals surface area contributed by atoms with Crippen LogP contribution in [0.15, 0.2) is 22.7 Å². The number of rotatable bonds is 3. The van der Waals surface area contributed by atoms with Crippen LogP contribution in [-0.4, -0.2) is 30.5 Å². The first kappa shape index (κ1) is 14.2. The predicted molar refractivity (Wildman–Crippen MR) is 79.4 cm³/mol. The van der Waals surface area contributed by atoms with Crippen molar-refractivity contribution in [2.24, 2.45) is 5.92 Å². The van der Waals surface area contributed by atoms with Crippen molar-refractivity contribution in [1.29, 1.82) is 0 Å². The average molecular weight is 333 g/mol. The minimum atomic E-state index is 0.261. The van der Waals surface area contributed by atoms with E-state index < -0.39 is 0 Å². The lowest BCUT2D eigenvalue weighted by molar-refractivity contribution is 0.187. The molecule has 1 aromatic rings. The molecule has 2 nitrogen and oxygen atoms in total. The van der Waals surface area contributed by atoms with Gasteiger partial charge in [-0.3, -0.25) is 4.90 Å². The zero-order valence-corrected chi connectivity index (χ0v) is 13.2. The van der Waals surface area contributed by atoms with Crippen LogP contribution >= 0.6 is 27.5 Å². The Morgan fingerprint density at radius 2 is 2.28 bits per heavy atom. The molecular formula is C14H19BrClNO. The number of methoxy groups -OCH3 is 1. The smallest absolute Gasteiger partial charge is 0.123 e. The molecule has 2 atom stereocenters. The van der Waals surface area contributed by atoms with Gasteiger partial charge < -0.3 is 4.74 Å². The molecule has 0 radical (unpaired) electrons. The second-order valence-corrected chi connectivity index (χ2v) is 6.45. The van der Waals surface area contributed by atoms with Gasteiger partial charge in [0.1, 0.15) is 5.75 Å². The summed E-state index contributed by atoms with van der Waals surface area (Å²) in [6.45, 7) is 5.20. The molecule has 0 bridgehead atoms. The van der Waals surface area contributed by atoms with E-state index in [2.05, 4.69) is 33.8 Å². The van der Waals surface area contributed by atoms with Gasteiger partial charge in [-0.25, -0.2) is 0 Å². The van der Waals surface area contributed by atoms with E-state index in [1.807, 2.05) is 12.1 Å². The van der Waals surface area contributed by atoms with E-state index in [4.69, 9.17) is 16.3 Å². The summed E-state index contributed by atoms with van der Waals surface area (Å²) >= 11 is 9.86. The van der Waals surface area contributed by atoms with Crippen LogP contribution in [0.5, 0.6) is 5.75 Å². The molecule has 1 aliphatic heterocycles. The third-order valence-electron chi connectivity index (χ3n) is 3.59. The van der Waals surface area contributed by atoms with Crippen molar-refractivity contribution in [3.8, 4) is 5.75 Å². The molecule has 0 aromatic heterocycles. The Balaban J connectivity index is 2.07. The quantitative estimate of drug-likeness (QED) is 0.778. The summed E-state index contributed by atoms with van der Waals surface area (Å²) in [6.07, 6.45) is 1.17. The van der Waals surface area contributed by atoms with Gasteiger partial charge in [0.15, 0.2) is 0 Å². The number of nitrogens with zero attached hydrogens (tertiary/aromatic N) is 1. The van der Waals surface area contributed by atoms with Crippen LogP contribution in [0.25, 0.3) is 0 Å². The Morgan fingerprint density at radius 3 is 2.94 bits per heavy atom. The summed E-state index contributed by atoms with van der Waals surface area (Å²) in [5, 5.41) is 0.261. The summed E-state index contributed by atoms with van der Waals surface area (Å²) in [5.41, 5.74) is 1.21. The highest BCUT2D eigenvalue weighted by Crippen LogP contribution is 2.27. The van der Waals surface area contributed by atoms with E-state index in [-0.39, 0.29) is 5.38 Å². The molecule has 1 fully saturated rings. The van der Waals surface area contributed by atoms with E-state index in [1.165, 1.54) is 12.0 Å². The van der Waals surface area contributed by atoms with Crippen LogP contribution in [0.3, 0.4) is 0 Å². The van der Waals surface area contributed by atoms with Crippen LogP contribution in [0, 0.1) is 5.92 Å². The SMILES string of the molecule is COc1ccc(Br)cc1CN1CCC(C)C(Cl)C1. The van der Waals surface area contributed by atoms with Gasteiger partial charge in [0, 0.05) is 28.5 Å². The molecule has 1 aromatic carbocycles. The highest BCUT2D eigenvalue weighted by Gasteiger charge is 2.24. The number of likely N-dealkylation sites (tertiary alicyclic amines) is 1. The monoisotopic (exact) mass is 331 g/mol. The average Bonchev–Trinajstić information content (AvgIpc) is 2.34. The normalized spacial score (nSPS) is 25.1. The molecule has 1 saturated heterocycles. The Morgan fingerprint density at radius 1 is 1.50 bits per heavy atom. The van der Waals surface area contributed by atoms with Gasteiger partial charge in [0.05, 0.1) is 7.11 Å². The van der Waals surface area contributed by atoms with Crippen LogP contribution < -0.4 is 4.74 Å². The maximum atomic E-state index is 6.35.